The normalized spacial score (nSPS) is 12.1. The lowest BCUT2D eigenvalue weighted by molar-refractivity contribution is 0.0683. The summed E-state index contributed by atoms with van der Waals surface area (Å²) in [5, 5.41) is 9.37. The van der Waals surface area contributed by atoms with Crippen LogP contribution in [0.25, 0.3) is 10.2 Å². The molecular formula is C18H19ClFN3O3S. The quantitative estimate of drug-likeness (QED) is 0.614. The molecule has 27 heavy (non-hydrogen) atoms. The first kappa shape index (κ1) is 21.0. The van der Waals surface area contributed by atoms with Crippen molar-refractivity contribution in [2.45, 2.75) is 25.7 Å². The van der Waals surface area contributed by atoms with Crippen molar-refractivity contribution in [2.75, 3.05) is 6.54 Å². The van der Waals surface area contributed by atoms with E-state index in [-0.39, 0.29) is 29.6 Å². The fourth-order valence-corrected chi connectivity index (χ4v) is 4.18. The third-order valence-electron chi connectivity index (χ3n) is 4.12. The molecule has 9 heteroatoms. The molecule has 3 aromatic rings. The molecule has 0 bridgehead atoms. The van der Waals surface area contributed by atoms with Crippen LogP contribution in [0.15, 0.2) is 29.1 Å². The Morgan fingerprint density at radius 2 is 2.00 bits per heavy atom. The number of hydrogen-bond donors (Lipinski definition) is 3. The maximum absolute atomic E-state index is 12.3. The van der Waals surface area contributed by atoms with E-state index in [1.807, 2.05) is 0 Å². The van der Waals surface area contributed by atoms with Gasteiger partial charge in [-0.2, -0.15) is 0 Å². The van der Waals surface area contributed by atoms with Gasteiger partial charge in [-0.3, -0.25) is 4.79 Å². The molecule has 0 unspecified atom stereocenters. The number of aromatic nitrogens is 2. The van der Waals surface area contributed by atoms with Crippen LogP contribution in [0.4, 0.5) is 4.39 Å². The number of carboxylic acids is 1. The molecule has 0 atom stereocenters. The number of nitrogens with zero attached hydrogens (tertiary/aromatic N) is 1. The van der Waals surface area contributed by atoms with Gasteiger partial charge in [0.15, 0.2) is 0 Å². The van der Waals surface area contributed by atoms with Crippen molar-refractivity contribution in [3.05, 3.63) is 62.3 Å². The Bertz CT molecular complexity index is 1000. The van der Waals surface area contributed by atoms with Crippen LogP contribution in [-0.2, 0) is 19.3 Å². The number of nitrogens with two attached hydrogens (primary N) is 1. The van der Waals surface area contributed by atoms with Gasteiger partial charge in [-0.25, -0.2) is 14.2 Å². The van der Waals surface area contributed by atoms with Crippen molar-refractivity contribution in [3.63, 3.8) is 0 Å². The fraction of sp³-hybridized carbons (Fsp3) is 0.278. The van der Waals surface area contributed by atoms with Crippen LogP contribution in [0.1, 0.15) is 33.0 Å². The molecule has 144 valence electrons. The lowest BCUT2D eigenvalue weighted by Gasteiger charge is -1.95. The fourth-order valence-electron chi connectivity index (χ4n) is 2.92. The van der Waals surface area contributed by atoms with Crippen LogP contribution in [0.3, 0.4) is 0 Å². The molecule has 4 rings (SSSR count). The molecule has 0 saturated heterocycles. The van der Waals surface area contributed by atoms with Gasteiger partial charge in [0.05, 0.1) is 5.39 Å². The number of benzene rings is 1. The minimum atomic E-state index is -1.20. The van der Waals surface area contributed by atoms with Crippen molar-refractivity contribution < 1.29 is 14.3 Å². The highest BCUT2D eigenvalue weighted by atomic mass is 35.5. The molecule has 4 N–H and O–H groups in total. The first-order chi connectivity index (χ1) is 12.5. The number of aryl methyl sites for hydroxylation is 2. The Labute approximate surface area is 164 Å². The SMILES string of the molecule is Cl.NCCc1ccc(F)cc1.O=C(O)c1nc2sc3c(c2c(=O)[nH]1)CCC3. The van der Waals surface area contributed by atoms with E-state index in [1.165, 1.54) is 28.3 Å². The average molecular weight is 412 g/mol. The summed E-state index contributed by atoms with van der Waals surface area (Å²) in [6.45, 7) is 0.617. The molecule has 0 radical (unpaired) electrons. The highest BCUT2D eigenvalue weighted by molar-refractivity contribution is 7.18. The minimum Gasteiger partial charge on any atom is -0.475 e. The molecule has 2 aromatic heterocycles. The number of carboxylic acid groups (broad SMARTS) is 1. The Kier molecular flexibility index (Phi) is 7.06. The van der Waals surface area contributed by atoms with Gasteiger partial charge < -0.3 is 15.8 Å². The maximum atomic E-state index is 12.3. The average Bonchev–Trinajstić information content (AvgIpc) is 3.18. The Hall–Kier alpha value is -2.29. The number of hydrogen-bond acceptors (Lipinski definition) is 5. The predicted octanol–water partition coefficient (Wildman–Crippen LogP) is 2.92. The van der Waals surface area contributed by atoms with Crippen molar-refractivity contribution in [1.82, 2.24) is 9.97 Å². The van der Waals surface area contributed by atoms with Gasteiger partial charge in [0.25, 0.3) is 5.56 Å². The van der Waals surface area contributed by atoms with Gasteiger partial charge in [-0.05, 0) is 55.5 Å². The second-order valence-electron chi connectivity index (χ2n) is 5.92. The van der Waals surface area contributed by atoms with Gasteiger partial charge >= 0.3 is 5.97 Å². The molecule has 0 saturated carbocycles. The van der Waals surface area contributed by atoms with E-state index in [9.17, 15) is 14.0 Å². The maximum Gasteiger partial charge on any atom is 0.372 e. The molecule has 0 amide bonds. The van der Waals surface area contributed by atoms with Gasteiger partial charge in [0.1, 0.15) is 10.6 Å². The number of halogens is 2. The zero-order valence-corrected chi connectivity index (χ0v) is 16.0. The van der Waals surface area contributed by atoms with E-state index < -0.39 is 5.97 Å². The number of H-pyrrole nitrogens is 1. The number of nitrogens with one attached hydrogen (secondary N) is 1. The van der Waals surface area contributed by atoms with Crippen LogP contribution in [0, 0.1) is 5.82 Å². The van der Waals surface area contributed by atoms with E-state index in [1.54, 1.807) is 12.1 Å². The first-order valence-corrected chi connectivity index (χ1v) is 9.03. The lowest BCUT2D eigenvalue weighted by Crippen LogP contribution is -2.15. The van der Waals surface area contributed by atoms with Gasteiger partial charge in [-0.15, -0.1) is 23.7 Å². The highest BCUT2D eigenvalue weighted by Crippen LogP contribution is 2.34. The second-order valence-corrected chi connectivity index (χ2v) is 7.01. The molecule has 0 aliphatic heterocycles. The summed E-state index contributed by atoms with van der Waals surface area (Å²) in [5.41, 5.74) is 7.12. The third kappa shape index (κ3) is 4.71. The Balaban J connectivity index is 0.000000208. The van der Waals surface area contributed by atoms with Gasteiger partial charge in [0.2, 0.25) is 5.82 Å². The number of aromatic carboxylic acids is 1. The largest absolute Gasteiger partial charge is 0.475 e. The summed E-state index contributed by atoms with van der Waals surface area (Å²) in [7, 11) is 0. The molecule has 6 nitrogen and oxygen atoms in total. The van der Waals surface area contributed by atoms with Crippen molar-refractivity contribution in [3.8, 4) is 0 Å². The van der Waals surface area contributed by atoms with E-state index in [0.717, 1.165) is 36.8 Å². The highest BCUT2D eigenvalue weighted by Gasteiger charge is 2.22. The smallest absolute Gasteiger partial charge is 0.372 e. The number of rotatable bonds is 3. The van der Waals surface area contributed by atoms with Crippen molar-refractivity contribution >= 4 is 39.9 Å². The Morgan fingerprint density at radius 1 is 1.30 bits per heavy atom. The van der Waals surface area contributed by atoms with Crippen LogP contribution in [0.5, 0.6) is 0 Å². The zero-order valence-electron chi connectivity index (χ0n) is 14.3. The number of thiophene rings is 1. The van der Waals surface area contributed by atoms with Gasteiger partial charge in [-0.1, -0.05) is 12.1 Å². The summed E-state index contributed by atoms with van der Waals surface area (Å²) >= 11 is 1.44. The monoisotopic (exact) mass is 411 g/mol. The summed E-state index contributed by atoms with van der Waals surface area (Å²) in [4.78, 5) is 30.5. The van der Waals surface area contributed by atoms with Crippen LogP contribution >= 0.6 is 23.7 Å². The third-order valence-corrected chi connectivity index (χ3v) is 5.31. The van der Waals surface area contributed by atoms with Crippen molar-refractivity contribution in [2.24, 2.45) is 5.73 Å². The lowest BCUT2D eigenvalue weighted by atomic mass is 10.1. The minimum absolute atomic E-state index is 0. The van der Waals surface area contributed by atoms with Crippen LogP contribution in [0.2, 0.25) is 0 Å². The van der Waals surface area contributed by atoms with E-state index in [2.05, 4.69) is 9.97 Å². The summed E-state index contributed by atoms with van der Waals surface area (Å²) in [6, 6.07) is 6.40. The molecule has 1 aliphatic carbocycles. The molecule has 1 aliphatic rings. The number of carbonyl (C=O) groups is 1. The zero-order chi connectivity index (χ0) is 18.7. The number of aromatic amines is 1. The molecule has 0 spiro atoms. The topological polar surface area (TPSA) is 109 Å². The van der Waals surface area contributed by atoms with E-state index in [0.29, 0.717) is 16.8 Å². The van der Waals surface area contributed by atoms with Crippen molar-refractivity contribution in [1.29, 1.82) is 0 Å². The van der Waals surface area contributed by atoms with E-state index >= 15 is 0 Å². The van der Waals surface area contributed by atoms with E-state index in [4.69, 9.17) is 10.8 Å². The Morgan fingerprint density at radius 3 is 2.63 bits per heavy atom. The molecule has 2 heterocycles. The molecule has 1 aromatic carbocycles. The first-order valence-electron chi connectivity index (χ1n) is 8.22. The number of fused-ring (bicyclic) bond motifs is 3. The van der Waals surface area contributed by atoms with Crippen LogP contribution < -0.4 is 11.3 Å². The standard InChI is InChI=1S/C10H8N2O3S.C8H10FN.ClH/c13-8-6-4-2-1-3-5(4)16-9(6)12-7(11-8)10(14)15;9-8-3-1-7(2-4-8)5-6-10;/h1-3H2,(H,14,15)(H,11,12,13);1-4H,5-6,10H2;1H. The molecular weight excluding hydrogens is 393 g/mol. The summed E-state index contributed by atoms with van der Waals surface area (Å²) in [5.74, 6) is -1.68. The predicted molar refractivity (Wildman–Crippen MR) is 106 cm³/mol. The molecule has 0 fully saturated rings. The van der Waals surface area contributed by atoms with Crippen LogP contribution in [-0.4, -0.2) is 27.6 Å². The summed E-state index contributed by atoms with van der Waals surface area (Å²) in [6.07, 6.45) is 3.75. The summed E-state index contributed by atoms with van der Waals surface area (Å²) < 4.78 is 12.3. The second kappa shape index (κ2) is 9.07. The van der Waals surface area contributed by atoms with Gasteiger partial charge in [0, 0.05) is 4.88 Å².